The number of likely N-dealkylation sites (N-methyl/N-ethyl adjacent to an activating group) is 1. The predicted octanol–water partition coefficient (Wildman–Crippen LogP) is 1.11. The van der Waals surface area contributed by atoms with Crippen LogP contribution in [0.5, 0.6) is 0 Å². The fourth-order valence-electron chi connectivity index (χ4n) is 3.42. The lowest BCUT2D eigenvalue weighted by Gasteiger charge is -2.26. The number of aryl methyl sites for hydroxylation is 3. The van der Waals surface area contributed by atoms with Crippen LogP contribution in [0.25, 0.3) is 0 Å². The van der Waals surface area contributed by atoms with Gasteiger partial charge in [-0.05, 0) is 34.4 Å². The van der Waals surface area contributed by atoms with Crippen molar-refractivity contribution in [2.75, 3.05) is 27.2 Å². The maximum Gasteiger partial charge on any atom is 0.191 e. The van der Waals surface area contributed by atoms with Gasteiger partial charge in [0.15, 0.2) is 5.96 Å². The first-order valence-electron chi connectivity index (χ1n) is 9.56. The quantitative estimate of drug-likeness (QED) is 0.351. The molecule has 2 aromatic rings. The minimum Gasteiger partial charge on any atom is -0.357 e. The zero-order valence-electron chi connectivity index (χ0n) is 17.4. The molecular weight excluding hydrogens is 469 g/mol. The molecule has 0 fully saturated rings. The van der Waals surface area contributed by atoms with E-state index in [9.17, 15) is 0 Å². The van der Waals surface area contributed by atoms with Gasteiger partial charge in [0, 0.05) is 37.8 Å². The summed E-state index contributed by atoms with van der Waals surface area (Å²) in [6.45, 7) is 6.33. The zero-order valence-corrected chi connectivity index (χ0v) is 19.7. The Bertz CT molecular complexity index is 780. The Morgan fingerprint density at radius 2 is 2.21 bits per heavy atom. The Hall–Kier alpha value is -1.69. The van der Waals surface area contributed by atoms with E-state index in [0.29, 0.717) is 12.6 Å². The minimum atomic E-state index is 0. The SMILES string of the molecule is CCNC(=NCC(c1cnn(C)c1)N(C)C)NC1CCc2nc(C)nn2C1.I. The van der Waals surface area contributed by atoms with Gasteiger partial charge in [0.05, 0.1) is 25.3 Å². The average Bonchev–Trinajstić information content (AvgIpc) is 3.19. The summed E-state index contributed by atoms with van der Waals surface area (Å²) in [7, 11) is 6.08. The van der Waals surface area contributed by atoms with Gasteiger partial charge in [-0.3, -0.25) is 9.67 Å². The average molecular weight is 501 g/mol. The summed E-state index contributed by atoms with van der Waals surface area (Å²) in [6.07, 6.45) is 5.93. The van der Waals surface area contributed by atoms with Crippen molar-refractivity contribution in [1.29, 1.82) is 0 Å². The van der Waals surface area contributed by atoms with Gasteiger partial charge in [-0.1, -0.05) is 0 Å². The van der Waals surface area contributed by atoms with Crippen molar-refractivity contribution in [2.24, 2.45) is 12.0 Å². The third-order valence-electron chi connectivity index (χ3n) is 4.80. The second-order valence-corrected chi connectivity index (χ2v) is 7.28. The smallest absolute Gasteiger partial charge is 0.191 e. The van der Waals surface area contributed by atoms with Crippen LogP contribution < -0.4 is 10.6 Å². The first-order chi connectivity index (χ1) is 13.0. The fourth-order valence-corrected chi connectivity index (χ4v) is 3.42. The highest BCUT2D eigenvalue weighted by Gasteiger charge is 2.22. The molecule has 2 N–H and O–H groups in total. The summed E-state index contributed by atoms with van der Waals surface area (Å²) in [5.41, 5.74) is 1.17. The standard InChI is InChI=1S/C18H31N9.HI/c1-6-19-18(20-10-16(25(3)4)14-9-21-26(5)11-14)23-15-7-8-17-22-13(2)24-27(17)12-15;/h9,11,15-16H,6-8,10,12H2,1-5H3,(H2,19,20,23);1H. The van der Waals surface area contributed by atoms with Crippen molar-refractivity contribution in [3.63, 3.8) is 0 Å². The largest absolute Gasteiger partial charge is 0.357 e. The Kier molecular flexibility index (Phi) is 8.23. The van der Waals surface area contributed by atoms with Gasteiger partial charge in [-0.2, -0.15) is 10.2 Å². The van der Waals surface area contributed by atoms with Gasteiger partial charge in [0.25, 0.3) is 0 Å². The molecule has 0 aliphatic carbocycles. The van der Waals surface area contributed by atoms with Gasteiger partial charge in [0.2, 0.25) is 0 Å². The Labute approximate surface area is 184 Å². The summed E-state index contributed by atoms with van der Waals surface area (Å²) in [5.74, 6) is 2.77. The van der Waals surface area contributed by atoms with E-state index in [1.54, 1.807) is 0 Å². The molecule has 1 aliphatic rings. The number of nitrogens with one attached hydrogen (secondary N) is 2. The number of aromatic nitrogens is 5. The van der Waals surface area contributed by atoms with Crippen LogP contribution in [0, 0.1) is 6.92 Å². The highest BCUT2D eigenvalue weighted by molar-refractivity contribution is 14.0. The summed E-state index contributed by atoms with van der Waals surface area (Å²) < 4.78 is 3.84. The van der Waals surface area contributed by atoms with Crippen LogP contribution in [0.3, 0.4) is 0 Å². The Morgan fingerprint density at radius 1 is 1.43 bits per heavy atom. The number of aliphatic imine (C=N–C) groups is 1. The number of rotatable bonds is 6. The minimum absolute atomic E-state index is 0. The molecular formula is C18H32IN9. The number of guanidine groups is 1. The highest BCUT2D eigenvalue weighted by atomic mass is 127. The first kappa shape index (κ1) is 22.6. The second kappa shape index (κ2) is 10.2. The highest BCUT2D eigenvalue weighted by Crippen LogP contribution is 2.18. The van der Waals surface area contributed by atoms with E-state index >= 15 is 0 Å². The van der Waals surface area contributed by atoms with E-state index in [2.05, 4.69) is 57.9 Å². The van der Waals surface area contributed by atoms with E-state index in [-0.39, 0.29) is 30.0 Å². The van der Waals surface area contributed by atoms with Crippen LogP contribution in [0.15, 0.2) is 17.4 Å². The normalized spacial score (nSPS) is 17.8. The van der Waals surface area contributed by atoms with Crippen molar-refractivity contribution >= 4 is 29.9 Å². The van der Waals surface area contributed by atoms with Crippen molar-refractivity contribution < 1.29 is 0 Å². The Morgan fingerprint density at radius 3 is 2.86 bits per heavy atom. The lowest BCUT2D eigenvalue weighted by atomic mass is 10.1. The lowest BCUT2D eigenvalue weighted by Crippen LogP contribution is -2.47. The summed E-state index contributed by atoms with van der Waals surface area (Å²) in [5, 5.41) is 15.7. The lowest BCUT2D eigenvalue weighted by molar-refractivity contribution is 0.305. The van der Waals surface area contributed by atoms with Crippen molar-refractivity contribution in [3.8, 4) is 0 Å². The molecule has 0 amide bonds. The van der Waals surface area contributed by atoms with Gasteiger partial charge in [0.1, 0.15) is 11.6 Å². The monoisotopic (exact) mass is 501 g/mol. The van der Waals surface area contributed by atoms with E-state index < -0.39 is 0 Å². The zero-order chi connectivity index (χ0) is 19.4. The van der Waals surface area contributed by atoms with Gasteiger partial charge in [-0.25, -0.2) is 9.67 Å². The number of fused-ring (bicyclic) bond motifs is 1. The number of hydrogen-bond donors (Lipinski definition) is 2. The maximum atomic E-state index is 4.85. The van der Waals surface area contributed by atoms with Crippen molar-refractivity contribution in [3.05, 3.63) is 29.6 Å². The van der Waals surface area contributed by atoms with E-state index in [4.69, 9.17) is 4.99 Å². The van der Waals surface area contributed by atoms with Crippen molar-refractivity contribution in [2.45, 2.75) is 45.3 Å². The Balaban J connectivity index is 0.00000280. The molecule has 28 heavy (non-hydrogen) atoms. The molecule has 0 spiro atoms. The molecule has 10 heteroatoms. The predicted molar refractivity (Wildman–Crippen MR) is 121 cm³/mol. The molecule has 156 valence electrons. The van der Waals surface area contributed by atoms with Crippen molar-refractivity contribution in [1.82, 2.24) is 40.1 Å². The van der Waals surface area contributed by atoms with E-state index in [1.165, 1.54) is 5.56 Å². The molecule has 3 rings (SSSR count). The molecule has 3 heterocycles. The fraction of sp³-hybridized carbons (Fsp3) is 0.667. The van der Waals surface area contributed by atoms with Gasteiger partial charge < -0.3 is 15.5 Å². The number of hydrogen-bond acceptors (Lipinski definition) is 5. The topological polar surface area (TPSA) is 88.2 Å². The molecule has 1 aliphatic heterocycles. The van der Waals surface area contributed by atoms with Crippen LogP contribution >= 0.6 is 24.0 Å². The molecule has 0 radical (unpaired) electrons. The molecule has 2 atom stereocenters. The molecule has 0 bridgehead atoms. The number of halogens is 1. The maximum absolute atomic E-state index is 4.85. The number of nitrogens with zero attached hydrogens (tertiary/aromatic N) is 7. The van der Waals surface area contributed by atoms with E-state index in [1.807, 2.05) is 29.5 Å². The summed E-state index contributed by atoms with van der Waals surface area (Å²) in [4.78, 5) is 11.5. The third kappa shape index (κ3) is 5.66. The summed E-state index contributed by atoms with van der Waals surface area (Å²) >= 11 is 0. The van der Waals surface area contributed by atoms with Crippen LogP contribution in [-0.2, 0) is 20.0 Å². The molecule has 2 aromatic heterocycles. The van der Waals surface area contributed by atoms with Crippen LogP contribution in [0.2, 0.25) is 0 Å². The van der Waals surface area contributed by atoms with Gasteiger partial charge in [-0.15, -0.1) is 24.0 Å². The third-order valence-corrected chi connectivity index (χ3v) is 4.80. The van der Waals surface area contributed by atoms with Crippen LogP contribution in [-0.4, -0.2) is 68.6 Å². The second-order valence-electron chi connectivity index (χ2n) is 7.28. The van der Waals surface area contributed by atoms with Crippen LogP contribution in [0.1, 0.15) is 36.6 Å². The molecule has 9 nitrogen and oxygen atoms in total. The van der Waals surface area contributed by atoms with Crippen LogP contribution in [0.4, 0.5) is 0 Å². The summed E-state index contributed by atoms with van der Waals surface area (Å²) in [6, 6.07) is 0.484. The molecule has 0 saturated carbocycles. The van der Waals surface area contributed by atoms with Gasteiger partial charge >= 0.3 is 0 Å². The van der Waals surface area contributed by atoms with E-state index in [0.717, 1.165) is 43.5 Å². The molecule has 0 aromatic carbocycles. The molecule has 0 saturated heterocycles. The first-order valence-corrected chi connectivity index (χ1v) is 9.56. The molecule has 2 unspecified atom stereocenters.